The Morgan fingerprint density at radius 2 is 2.10 bits per heavy atom. The van der Waals surface area contributed by atoms with E-state index in [1.807, 2.05) is 19.9 Å². The molecule has 0 saturated carbocycles. The van der Waals surface area contributed by atoms with E-state index in [0.29, 0.717) is 12.0 Å². The highest BCUT2D eigenvalue weighted by Gasteiger charge is 2.02. The lowest BCUT2D eigenvalue weighted by Crippen LogP contribution is -2.36. The van der Waals surface area contributed by atoms with Crippen LogP contribution in [-0.4, -0.2) is 23.5 Å². The van der Waals surface area contributed by atoms with Gasteiger partial charge in [0.25, 0.3) is 0 Å². The second kappa shape index (κ2) is 8.14. The lowest BCUT2D eigenvalue weighted by molar-refractivity contribution is 0.719. The molecule has 1 heterocycles. The molecule has 0 bridgehead atoms. The quantitative estimate of drug-likeness (QED) is 0.320. The van der Waals surface area contributed by atoms with Gasteiger partial charge in [-0.05, 0) is 38.3 Å². The van der Waals surface area contributed by atoms with E-state index in [1.54, 1.807) is 0 Å². The Morgan fingerprint density at radius 3 is 2.85 bits per heavy atom. The van der Waals surface area contributed by atoms with Gasteiger partial charge in [-0.1, -0.05) is 18.2 Å². The first-order chi connectivity index (χ1) is 9.16. The van der Waals surface area contributed by atoms with Gasteiger partial charge in [0, 0.05) is 29.7 Å². The SMILES string of the molecule is CC(C)NC(N)=NCCCc1c[nH]c2ccccc12.I. The first-order valence-corrected chi connectivity index (χ1v) is 6.78. The second-order valence-corrected chi connectivity index (χ2v) is 5.03. The number of aromatic nitrogens is 1. The van der Waals surface area contributed by atoms with Gasteiger partial charge in [0.2, 0.25) is 0 Å². The zero-order chi connectivity index (χ0) is 13.7. The smallest absolute Gasteiger partial charge is 0.188 e. The molecule has 4 nitrogen and oxygen atoms in total. The molecular weight excluding hydrogens is 363 g/mol. The molecule has 2 aromatic rings. The number of hydrogen-bond donors (Lipinski definition) is 3. The summed E-state index contributed by atoms with van der Waals surface area (Å²) in [6.07, 6.45) is 4.11. The van der Waals surface area contributed by atoms with E-state index in [4.69, 9.17) is 5.73 Å². The predicted molar refractivity (Wildman–Crippen MR) is 96.8 cm³/mol. The molecule has 0 aliphatic heterocycles. The van der Waals surface area contributed by atoms with Crippen LogP contribution in [0.2, 0.25) is 0 Å². The van der Waals surface area contributed by atoms with Crippen molar-refractivity contribution < 1.29 is 0 Å². The van der Waals surface area contributed by atoms with E-state index in [1.165, 1.54) is 16.5 Å². The number of hydrogen-bond acceptors (Lipinski definition) is 1. The number of aromatic amines is 1. The minimum Gasteiger partial charge on any atom is -0.370 e. The number of fused-ring (bicyclic) bond motifs is 1. The highest BCUT2D eigenvalue weighted by atomic mass is 127. The van der Waals surface area contributed by atoms with Crippen molar-refractivity contribution in [3.63, 3.8) is 0 Å². The molecule has 20 heavy (non-hydrogen) atoms. The minimum absolute atomic E-state index is 0. The Morgan fingerprint density at radius 1 is 1.35 bits per heavy atom. The Hall–Kier alpha value is -1.24. The average molecular weight is 386 g/mol. The third-order valence-electron chi connectivity index (χ3n) is 3.00. The summed E-state index contributed by atoms with van der Waals surface area (Å²) in [6, 6.07) is 8.70. The number of guanidine groups is 1. The van der Waals surface area contributed by atoms with Crippen LogP contribution in [0.3, 0.4) is 0 Å². The summed E-state index contributed by atoms with van der Waals surface area (Å²) < 4.78 is 0. The normalized spacial score (nSPS) is 11.7. The first kappa shape index (κ1) is 16.8. The Labute approximate surface area is 137 Å². The van der Waals surface area contributed by atoms with E-state index in [2.05, 4.69) is 39.7 Å². The van der Waals surface area contributed by atoms with Crippen molar-refractivity contribution in [2.24, 2.45) is 10.7 Å². The van der Waals surface area contributed by atoms with Crippen LogP contribution in [0.25, 0.3) is 10.9 Å². The molecule has 110 valence electrons. The molecule has 0 radical (unpaired) electrons. The van der Waals surface area contributed by atoms with Crippen LogP contribution >= 0.6 is 24.0 Å². The Kier molecular flexibility index (Phi) is 6.84. The molecule has 0 aliphatic carbocycles. The summed E-state index contributed by atoms with van der Waals surface area (Å²) in [5.41, 5.74) is 8.30. The van der Waals surface area contributed by atoms with Crippen LogP contribution in [-0.2, 0) is 6.42 Å². The van der Waals surface area contributed by atoms with Crippen molar-refractivity contribution in [3.05, 3.63) is 36.0 Å². The zero-order valence-corrected chi connectivity index (χ0v) is 14.3. The second-order valence-electron chi connectivity index (χ2n) is 5.03. The van der Waals surface area contributed by atoms with Crippen molar-refractivity contribution in [2.75, 3.05) is 6.54 Å². The highest BCUT2D eigenvalue weighted by Crippen LogP contribution is 2.18. The zero-order valence-electron chi connectivity index (χ0n) is 12.0. The van der Waals surface area contributed by atoms with E-state index in [-0.39, 0.29) is 24.0 Å². The maximum Gasteiger partial charge on any atom is 0.188 e. The van der Waals surface area contributed by atoms with Crippen LogP contribution in [0.1, 0.15) is 25.8 Å². The number of benzene rings is 1. The number of rotatable bonds is 5. The van der Waals surface area contributed by atoms with Gasteiger partial charge in [0.1, 0.15) is 0 Å². The average Bonchev–Trinajstić information content (AvgIpc) is 2.77. The van der Waals surface area contributed by atoms with Gasteiger partial charge < -0.3 is 16.0 Å². The van der Waals surface area contributed by atoms with Gasteiger partial charge in [0.15, 0.2) is 5.96 Å². The maximum absolute atomic E-state index is 5.76. The fourth-order valence-electron chi connectivity index (χ4n) is 2.15. The molecule has 0 aliphatic rings. The van der Waals surface area contributed by atoms with Gasteiger partial charge in [-0.25, -0.2) is 0 Å². The third-order valence-corrected chi connectivity index (χ3v) is 3.00. The van der Waals surface area contributed by atoms with E-state index in [9.17, 15) is 0 Å². The van der Waals surface area contributed by atoms with Crippen LogP contribution in [0, 0.1) is 0 Å². The van der Waals surface area contributed by atoms with Crippen LogP contribution in [0.15, 0.2) is 35.5 Å². The summed E-state index contributed by atoms with van der Waals surface area (Å²) >= 11 is 0. The number of H-pyrrole nitrogens is 1. The number of aryl methyl sites for hydroxylation is 1. The lowest BCUT2D eigenvalue weighted by atomic mass is 10.1. The molecule has 0 spiro atoms. The van der Waals surface area contributed by atoms with Crippen LogP contribution in [0.4, 0.5) is 0 Å². The fraction of sp³-hybridized carbons (Fsp3) is 0.400. The number of nitrogens with two attached hydrogens (primary N) is 1. The summed E-state index contributed by atoms with van der Waals surface area (Å²) in [5, 5.41) is 4.39. The molecular formula is C15H23IN4. The number of halogens is 1. The molecule has 5 heteroatoms. The van der Waals surface area contributed by atoms with Gasteiger partial charge in [-0.3, -0.25) is 4.99 Å². The van der Waals surface area contributed by atoms with Crippen molar-refractivity contribution in [3.8, 4) is 0 Å². The van der Waals surface area contributed by atoms with Crippen molar-refractivity contribution >= 4 is 40.8 Å². The monoisotopic (exact) mass is 386 g/mol. The first-order valence-electron chi connectivity index (χ1n) is 6.78. The van der Waals surface area contributed by atoms with Gasteiger partial charge in [-0.15, -0.1) is 24.0 Å². The van der Waals surface area contributed by atoms with Crippen molar-refractivity contribution in [1.29, 1.82) is 0 Å². The van der Waals surface area contributed by atoms with E-state index >= 15 is 0 Å². The largest absolute Gasteiger partial charge is 0.370 e. The predicted octanol–water partition coefficient (Wildman–Crippen LogP) is 3.03. The molecule has 0 unspecified atom stereocenters. The molecule has 0 fully saturated rings. The topological polar surface area (TPSA) is 66.2 Å². The summed E-state index contributed by atoms with van der Waals surface area (Å²) in [4.78, 5) is 7.61. The van der Waals surface area contributed by atoms with Crippen LogP contribution in [0.5, 0.6) is 0 Å². The van der Waals surface area contributed by atoms with Crippen molar-refractivity contribution in [2.45, 2.75) is 32.7 Å². The number of nitrogens with one attached hydrogen (secondary N) is 2. The number of nitrogens with zero attached hydrogens (tertiary/aromatic N) is 1. The van der Waals surface area contributed by atoms with Crippen LogP contribution < -0.4 is 11.1 Å². The van der Waals surface area contributed by atoms with Gasteiger partial charge in [0.05, 0.1) is 0 Å². The number of aliphatic imine (C=N–C) groups is 1. The minimum atomic E-state index is 0. The lowest BCUT2D eigenvalue weighted by Gasteiger charge is -2.08. The summed E-state index contributed by atoms with van der Waals surface area (Å²) in [6.45, 7) is 4.85. The van der Waals surface area contributed by atoms with E-state index in [0.717, 1.165) is 19.4 Å². The Balaban J connectivity index is 0.00000200. The summed E-state index contributed by atoms with van der Waals surface area (Å²) in [7, 11) is 0. The maximum atomic E-state index is 5.76. The van der Waals surface area contributed by atoms with Crippen molar-refractivity contribution in [1.82, 2.24) is 10.3 Å². The van der Waals surface area contributed by atoms with Gasteiger partial charge >= 0.3 is 0 Å². The number of para-hydroxylation sites is 1. The molecule has 0 saturated heterocycles. The highest BCUT2D eigenvalue weighted by molar-refractivity contribution is 14.0. The molecule has 0 atom stereocenters. The molecule has 1 aromatic carbocycles. The summed E-state index contributed by atoms with van der Waals surface area (Å²) in [5.74, 6) is 0.536. The molecule has 2 rings (SSSR count). The standard InChI is InChI=1S/C15H22N4.HI/c1-11(2)19-15(16)17-9-5-6-12-10-18-14-8-4-3-7-13(12)14;/h3-4,7-8,10-11,18H,5-6,9H2,1-2H3,(H3,16,17,19);1H. The van der Waals surface area contributed by atoms with Gasteiger partial charge in [-0.2, -0.15) is 0 Å². The van der Waals surface area contributed by atoms with E-state index < -0.39 is 0 Å². The molecule has 1 aromatic heterocycles. The molecule has 4 N–H and O–H groups in total. The Bertz CT molecular complexity index is 560. The third kappa shape index (κ3) is 4.70. The molecule has 0 amide bonds. The fourth-order valence-corrected chi connectivity index (χ4v) is 2.15.